The highest BCUT2D eigenvalue weighted by molar-refractivity contribution is 7.92. The molecule has 1 N–H and O–H groups in total. The van der Waals surface area contributed by atoms with Crippen LogP contribution in [0.25, 0.3) is 0 Å². The van der Waals surface area contributed by atoms with Gasteiger partial charge in [0.1, 0.15) is 16.7 Å². The molecule has 0 radical (unpaired) electrons. The third-order valence-corrected chi connectivity index (χ3v) is 8.98. The number of benzene rings is 1. The van der Waals surface area contributed by atoms with Crippen LogP contribution in [0.15, 0.2) is 29.2 Å². The molecular weight excluding hydrogens is 465 g/mol. The lowest BCUT2D eigenvalue weighted by Crippen LogP contribution is -2.64. The van der Waals surface area contributed by atoms with Crippen LogP contribution >= 0.6 is 11.6 Å². The smallest absolute Gasteiger partial charge is 0.268 e. The molecule has 1 spiro atoms. The largest absolute Gasteiger partial charge is 0.370 e. The third-order valence-electron chi connectivity index (χ3n) is 7.23. The Balaban J connectivity index is 1.66. The van der Waals surface area contributed by atoms with E-state index in [9.17, 15) is 17.2 Å². The number of sulfonamides is 1. The zero-order valence-corrected chi connectivity index (χ0v) is 19.5. The lowest BCUT2D eigenvalue weighted by molar-refractivity contribution is -0.0724. The third kappa shape index (κ3) is 3.52. The van der Waals surface area contributed by atoms with E-state index in [-0.39, 0.29) is 16.6 Å². The van der Waals surface area contributed by atoms with Crippen LogP contribution in [0.3, 0.4) is 0 Å². The number of rotatable bonds is 5. The minimum atomic E-state index is -4.74. The van der Waals surface area contributed by atoms with Crippen LogP contribution in [0.2, 0.25) is 5.02 Å². The molecule has 1 saturated heterocycles. The van der Waals surface area contributed by atoms with Crippen molar-refractivity contribution in [3.8, 4) is 0 Å². The van der Waals surface area contributed by atoms with Crippen molar-refractivity contribution in [1.29, 1.82) is 0 Å². The van der Waals surface area contributed by atoms with Gasteiger partial charge in [-0.15, -0.1) is 0 Å². The Morgan fingerprint density at radius 3 is 2.50 bits per heavy atom. The summed E-state index contributed by atoms with van der Waals surface area (Å²) in [4.78, 5) is 6.13. The number of aromatic nitrogens is 1. The first kappa shape index (κ1) is 23.1. The van der Waals surface area contributed by atoms with Gasteiger partial charge in [0.2, 0.25) is 5.95 Å². The highest BCUT2D eigenvalue weighted by atomic mass is 35.5. The summed E-state index contributed by atoms with van der Waals surface area (Å²) in [5.74, 6) is -4.02. The fourth-order valence-corrected chi connectivity index (χ4v) is 6.43. The second-order valence-electron chi connectivity index (χ2n) is 8.91. The van der Waals surface area contributed by atoms with Crippen molar-refractivity contribution in [1.82, 2.24) is 9.88 Å². The molecule has 2 aromatic rings. The van der Waals surface area contributed by atoms with Gasteiger partial charge in [0, 0.05) is 30.1 Å². The molecule has 1 aromatic carbocycles. The lowest BCUT2D eigenvalue weighted by Gasteiger charge is -2.59. The van der Waals surface area contributed by atoms with E-state index in [0.717, 1.165) is 37.5 Å². The average Bonchev–Trinajstić information content (AvgIpc) is 3.16. The first-order valence-corrected chi connectivity index (χ1v) is 12.0. The van der Waals surface area contributed by atoms with Crippen molar-refractivity contribution >= 4 is 33.1 Å². The Kier molecular flexibility index (Phi) is 5.62. The van der Waals surface area contributed by atoms with Gasteiger partial charge in [0.25, 0.3) is 10.0 Å². The van der Waals surface area contributed by atoms with Crippen LogP contribution in [-0.4, -0.2) is 51.0 Å². The number of nitrogens with one attached hydrogen (secondary N) is 1. The topological polar surface area (TPSA) is 65.5 Å². The number of hydrogen-bond acceptors (Lipinski definition) is 5. The maximum absolute atomic E-state index is 15.1. The molecule has 1 saturated carbocycles. The first-order chi connectivity index (χ1) is 14.9. The van der Waals surface area contributed by atoms with E-state index < -0.39 is 43.3 Å². The molecular formula is C21H24ClF3N4O2S. The van der Waals surface area contributed by atoms with Gasteiger partial charge in [0.15, 0.2) is 10.7 Å². The van der Waals surface area contributed by atoms with E-state index in [1.807, 2.05) is 23.7 Å². The molecule has 32 heavy (non-hydrogen) atoms. The highest BCUT2D eigenvalue weighted by Crippen LogP contribution is 2.58. The zero-order chi connectivity index (χ0) is 23.5. The lowest BCUT2D eigenvalue weighted by atomic mass is 9.54. The van der Waals surface area contributed by atoms with Crippen LogP contribution in [0.5, 0.6) is 0 Å². The van der Waals surface area contributed by atoms with Crippen molar-refractivity contribution in [2.45, 2.75) is 36.6 Å². The molecule has 1 aliphatic carbocycles. The minimum Gasteiger partial charge on any atom is -0.370 e. The molecule has 0 amide bonds. The predicted octanol–water partition coefficient (Wildman–Crippen LogP) is 4.26. The molecule has 1 aromatic heterocycles. The van der Waals surface area contributed by atoms with Crippen molar-refractivity contribution in [3.63, 3.8) is 0 Å². The summed E-state index contributed by atoms with van der Waals surface area (Å²) in [5, 5.41) is -0.470. The Labute approximate surface area is 190 Å². The summed E-state index contributed by atoms with van der Waals surface area (Å²) in [6, 6.07) is 4.34. The monoisotopic (exact) mass is 488 g/mol. The average molecular weight is 489 g/mol. The SMILES string of the molecule is CN(C)[C@]1(C)CC[C@]12CCN(c1cc(F)c(S(=O)(=O)Nc3cccc(F)n3)c(F)c1Cl)C2. The molecule has 1 aliphatic heterocycles. The zero-order valence-electron chi connectivity index (χ0n) is 17.9. The molecule has 11 heteroatoms. The maximum Gasteiger partial charge on any atom is 0.268 e. The van der Waals surface area contributed by atoms with E-state index in [1.54, 1.807) is 0 Å². The summed E-state index contributed by atoms with van der Waals surface area (Å²) in [6.45, 7) is 3.31. The second kappa shape index (κ2) is 7.78. The molecule has 2 aliphatic rings. The Morgan fingerprint density at radius 1 is 1.19 bits per heavy atom. The number of anilines is 2. The predicted molar refractivity (Wildman–Crippen MR) is 117 cm³/mol. The molecule has 0 unspecified atom stereocenters. The van der Waals surface area contributed by atoms with Gasteiger partial charge in [-0.3, -0.25) is 4.72 Å². The Morgan fingerprint density at radius 2 is 1.91 bits per heavy atom. The molecule has 6 nitrogen and oxygen atoms in total. The van der Waals surface area contributed by atoms with Crippen molar-refractivity contribution in [3.05, 3.63) is 46.9 Å². The summed E-state index contributed by atoms with van der Waals surface area (Å²) in [5.41, 5.74) is 0.0629. The fourth-order valence-electron chi connectivity index (χ4n) is 4.96. The van der Waals surface area contributed by atoms with Crippen LogP contribution in [0.1, 0.15) is 26.2 Å². The van der Waals surface area contributed by atoms with Gasteiger partial charge in [-0.2, -0.15) is 4.39 Å². The van der Waals surface area contributed by atoms with Gasteiger partial charge in [-0.1, -0.05) is 17.7 Å². The van der Waals surface area contributed by atoms with E-state index >= 15 is 4.39 Å². The number of halogens is 4. The quantitative estimate of drug-likeness (QED) is 0.503. The van der Waals surface area contributed by atoms with Crippen molar-refractivity contribution in [2.24, 2.45) is 5.41 Å². The van der Waals surface area contributed by atoms with Crippen LogP contribution in [0, 0.1) is 23.0 Å². The molecule has 0 bridgehead atoms. The van der Waals surface area contributed by atoms with Crippen LogP contribution in [-0.2, 0) is 10.0 Å². The van der Waals surface area contributed by atoms with Gasteiger partial charge >= 0.3 is 0 Å². The van der Waals surface area contributed by atoms with E-state index in [4.69, 9.17) is 11.6 Å². The highest BCUT2D eigenvalue weighted by Gasteiger charge is 2.59. The number of hydrogen-bond donors (Lipinski definition) is 1. The van der Waals surface area contributed by atoms with Gasteiger partial charge in [0.05, 0.1) is 5.69 Å². The van der Waals surface area contributed by atoms with Gasteiger partial charge < -0.3 is 9.80 Å². The second-order valence-corrected chi connectivity index (χ2v) is 10.9. The number of nitrogens with zero attached hydrogens (tertiary/aromatic N) is 3. The fraction of sp³-hybridized carbons (Fsp3) is 0.476. The normalized spacial score (nSPS) is 25.4. The number of pyridine rings is 1. The minimum absolute atomic E-state index is 0.0257. The van der Waals surface area contributed by atoms with Gasteiger partial charge in [-0.05, 0) is 52.4 Å². The maximum atomic E-state index is 15.1. The van der Waals surface area contributed by atoms with Crippen molar-refractivity contribution < 1.29 is 21.6 Å². The van der Waals surface area contributed by atoms with Crippen LogP contribution in [0.4, 0.5) is 24.7 Å². The van der Waals surface area contributed by atoms with Crippen LogP contribution < -0.4 is 9.62 Å². The summed E-state index contributed by atoms with van der Waals surface area (Å²) < 4.78 is 70.5. The summed E-state index contributed by atoms with van der Waals surface area (Å²) in [6.07, 6.45) is 2.87. The molecule has 2 atom stereocenters. The van der Waals surface area contributed by atoms with Gasteiger partial charge in [-0.25, -0.2) is 22.2 Å². The van der Waals surface area contributed by atoms with E-state index in [2.05, 4.69) is 16.8 Å². The summed E-state index contributed by atoms with van der Waals surface area (Å²) in [7, 11) is -0.692. The first-order valence-electron chi connectivity index (χ1n) is 10.2. The molecule has 4 rings (SSSR count). The molecule has 174 valence electrons. The Bertz CT molecular complexity index is 1180. The molecule has 2 fully saturated rings. The standard InChI is InChI=1S/C21H24ClF3N4O2S/c1-20(28(2)3)7-8-21(20)9-10-29(12-21)14-11-13(23)19(18(25)17(14)22)32(30,31)27-16-6-4-5-15(24)26-16/h4-6,11H,7-10,12H2,1-3H3,(H,26,27)/t20-,21-/m1/s1. The van der Waals surface area contributed by atoms with E-state index in [0.29, 0.717) is 13.1 Å². The van der Waals surface area contributed by atoms with E-state index in [1.165, 1.54) is 6.07 Å². The Hall–Kier alpha value is -2.04. The van der Waals surface area contributed by atoms with Crippen molar-refractivity contribution in [2.75, 3.05) is 36.8 Å². The molecule has 2 heterocycles. The summed E-state index contributed by atoms with van der Waals surface area (Å²) >= 11 is 6.21.